The summed E-state index contributed by atoms with van der Waals surface area (Å²) in [6, 6.07) is 0. The third-order valence-electron chi connectivity index (χ3n) is 0. The van der Waals surface area contributed by atoms with Crippen molar-refractivity contribution in [2.24, 2.45) is 0 Å². The van der Waals surface area contributed by atoms with Crippen molar-refractivity contribution < 1.29 is 17.5 Å². The molecule has 7 heteroatoms. The summed E-state index contributed by atoms with van der Waals surface area (Å²) in [6.45, 7) is 0. The van der Waals surface area contributed by atoms with E-state index in [1.807, 2.05) is 0 Å². The van der Waals surface area contributed by atoms with Gasteiger partial charge >= 0.3 is 131 Å². The van der Waals surface area contributed by atoms with E-state index >= 15 is 0 Å². The van der Waals surface area contributed by atoms with Crippen LogP contribution in [0.2, 0.25) is 0 Å². The van der Waals surface area contributed by atoms with Gasteiger partial charge in [0.1, 0.15) is 0 Å². The van der Waals surface area contributed by atoms with Gasteiger partial charge in [-0.3, -0.25) is 9.11 Å². The fraction of sp³-hybridized carbons (Fsp3) is 0. The summed E-state index contributed by atoms with van der Waals surface area (Å²) in [5.74, 6) is 0. The van der Waals surface area contributed by atoms with Crippen molar-refractivity contribution in [2.45, 2.75) is 0 Å². The Morgan fingerprint density at radius 2 is 1.14 bits per heavy atom. The second kappa shape index (κ2) is 7.66. The molecule has 0 heterocycles. The quantitative estimate of drug-likeness (QED) is 0.397. The van der Waals surface area contributed by atoms with Gasteiger partial charge in [-0.05, 0) is 0 Å². The SMILES string of the molecule is O=S(=O)(O)O.[CsH].[KH]. The van der Waals surface area contributed by atoms with E-state index in [-0.39, 0.29) is 120 Å². The van der Waals surface area contributed by atoms with Crippen molar-refractivity contribution in [2.75, 3.05) is 0 Å². The van der Waals surface area contributed by atoms with Crippen molar-refractivity contribution in [3.63, 3.8) is 0 Å². The fourth-order valence-electron chi connectivity index (χ4n) is 0. The van der Waals surface area contributed by atoms with E-state index in [4.69, 9.17) is 17.5 Å². The first-order valence-electron chi connectivity index (χ1n) is 0.698. The van der Waals surface area contributed by atoms with Crippen LogP contribution in [0.3, 0.4) is 0 Å². The molecule has 2 N–H and O–H groups in total. The van der Waals surface area contributed by atoms with E-state index in [0.29, 0.717) is 0 Å². The Bertz CT molecular complexity index is 94.9. The molecule has 0 fully saturated rings. The third-order valence-corrected chi connectivity index (χ3v) is 0. The normalized spacial score (nSPS) is 8.29. The molecule has 0 bridgehead atoms. The summed E-state index contributed by atoms with van der Waals surface area (Å²) in [4.78, 5) is 0. The fourth-order valence-corrected chi connectivity index (χ4v) is 0. The molecule has 0 atom stereocenters. The average Bonchev–Trinajstić information content (AvgIpc) is 0.722. The average molecular weight is 272 g/mol. The van der Waals surface area contributed by atoms with Crippen LogP contribution < -0.4 is 0 Å². The summed E-state index contributed by atoms with van der Waals surface area (Å²) in [6.07, 6.45) is 0. The Kier molecular flexibility index (Phi) is 18.5. The van der Waals surface area contributed by atoms with Crippen LogP contribution in [-0.2, 0) is 10.4 Å². The van der Waals surface area contributed by atoms with Crippen molar-refractivity contribution in [3.05, 3.63) is 0 Å². The van der Waals surface area contributed by atoms with Crippen LogP contribution in [0.5, 0.6) is 0 Å². The van der Waals surface area contributed by atoms with E-state index in [0.717, 1.165) is 0 Å². The van der Waals surface area contributed by atoms with Crippen molar-refractivity contribution in [3.8, 4) is 0 Å². The van der Waals surface area contributed by atoms with Crippen molar-refractivity contribution >= 4 is 131 Å². The van der Waals surface area contributed by atoms with Gasteiger partial charge in [-0.25, -0.2) is 0 Å². The van der Waals surface area contributed by atoms with Gasteiger partial charge in [-0.1, -0.05) is 0 Å². The molecule has 0 saturated heterocycles. The monoisotopic (exact) mass is 272 g/mol. The first-order valence-corrected chi connectivity index (χ1v) is 2.10. The molecule has 0 saturated carbocycles. The van der Waals surface area contributed by atoms with Crippen LogP contribution in [0.15, 0.2) is 0 Å². The predicted octanol–water partition coefficient (Wildman–Crippen LogP) is -1.95. The second-order valence-corrected chi connectivity index (χ2v) is 1.34. The molecule has 0 radical (unpaired) electrons. The topological polar surface area (TPSA) is 74.6 Å². The minimum atomic E-state index is -4.67. The molecule has 7 heavy (non-hydrogen) atoms. The molecular formula is H4CsKO4S. The molecule has 0 spiro atoms. The molecule has 4 nitrogen and oxygen atoms in total. The van der Waals surface area contributed by atoms with Gasteiger partial charge in [0.25, 0.3) is 0 Å². The minimum absolute atomic E-state index is 0. The van der Waals surface area contributed by atoms with Crippen LogP contribution in [0.4, 0.5) is 0 Å². The van der Waals surface area contributed by atoms with Gasteiger partial charge < -0.3 is 0 Å². The van der Waals surface area contributed by atoms with Crippen LogP contribution >= 0.6 is 0 Å². The van der Waals surface area contributed by atoms with E-state index in [1.165, 1.54) is 0 Å². The van der Waals surface area contributed by atoms with Crippen LogP contribution in [-0.4, -0.2) is 138 Å². The van der Waals surface area contributed by atoms with Gasteiger partial charge in [-0.2, -0.15) is 8.42 Å². The van der Waals surface area contributed by atoms with Crippen LogP contribution in [0.1, 0.15) is 0 Å². The summed E-state index contributed by atoms with van der Waals surface area (Å²) in [7, 11) is -4.67. The standard InChI is InChI=1S/Cs.K.H2O4S.2H/c;;1-5(2,3)4;;/h;;(H2,1,2,3,4);;. The van der Waals surface area contributed by atoms with Crippen LogP contribution in [0, 0.1) is 0 Å². The summed E-state index contributed by atoms with van der Waals surface area (Å²) in [5, 5.41) is 0. The maximum absolute atomic E-state index is 8.74. The molecule has 0 aromatic carbocycles. The van der Waals surface area contributed by atoms with Crippen molar-refractivity contribution in [1.82, 2.24) is 0 Å². The molecule has 36 valence electrons. The molecule has 0 aliphatic heterocycles. The summed E-state index contributed by atoms with van der Waals surface area (Å²) >= 11 is 0. The number of hydrogen-bond acceptors (Lipinski definition) is 2. The van der Waals surface area contributed by atoms with Gasteiger partial charge in [-0.15, -0.1) is 0 Å². The first kappa shape index (κ1) is 16.9. The molecule has 0 rings (SSSR count). The number of rotatable bonds is 0. The molecular weight excluding hydrogens is 268 g/mol. The third kappa shape index (κ3) is 43.1. The van der Waals surface area contributed by atoms with Crippen LogP contribution in [0.25, 0.3) is 0 Å². The molecule has 0 aliphatic carbocycles. The van der Waals surface area contributed by atoms with Gasteiger partial charge in [0.05, 0.1) is 0 Å². The first-order chi connectivity index (χ1) is 2.00. The summed E-state index contributed by atoms with van der Waals surface area (Å²) < 4.78 is 31.6. The van der Waals surface area contributed by atoms with E-state index < -0.39 is 10.4 Å². The van der Waals surface area contributed by atoms with Gasteiger partial charge in [0.15, 0.2) is 0 Å². The molecule has 0 aromatic rings. The molecule has 0 amide bonds. The van der Waals surface area contributed by atoms with E-state index in [9.17, 15) is 0 Å². The van der Waals surface area contributed by atoms with E-state index in [2.05, 4.69) is 0 Å². The van der Waals surface area contributed by atoms with Gasteiger partial charge in [0.2, 0.25) is 0 Å². The zero-order valence-corrected chi connectivity index (χ0v) is 2.94. The Morgan fingerprint density at radius 1 is 1.14 bits per heavy atom. The Balaban J connectivity index is -0.0000000800. The molecule has 0 unspecified atom stereocenters. The van der Waals surface area contributed by atoms with Gasteiger partial charge in [0, 0.05) is 0 Å². The molecule has 0 aliphatic rings. The second-order valence-electron chi connectivity index (χ2n) is 0.448. The maximum atomic E-state index is 8.74. The molecule has 0 aromatic heterocycles. The number of hydrogen-bond donors (Lipinski definition) is 2. The Hall–Kier alpha value is 3.56. The summed E-state index contributed by atoms with van der Waals surface area (Å²) in [5.41, 5.74) is 0. The predicted molar refractivity (Wildman–Crippen MR) is 28.5 cm³/mol. The van der Waals surface area contributed by atoms with Crippen molar-refractivity contribution in [1.29, 1.82) is 0 Å². The Labute approximate surface area is 143 Å². The zero-order valence-electron chi connectivity index (χ0n) is 2.12. The Morgan fingerprint density at radius 3 is 1.14 bits per heavy atom. The van der Waals surface area contributed by atoms with E-state index in [1.54, 1.807) is 0 Å². The zero-order chi connectivity index (χ0) is 4.50.